The lowest BCUT2D eigenvalue weighted by Gasteiger charge is -2.33. The molecule has 2 aliphatic rings. The van der Waals surface area contributed by atoms with Crippen molar-refractivity contribution in [2.45, 2.75) is 32.4 Å². The molecule has 2 aliphatic heterocycles. The van der Waals surface area contributed by atoms with Crippen molar-refractivity contribution in [2.24, 2.45) is 0 Å². The van der Waals surface area contributed by atoms with Crippen LogP contribution in [0.15, 0.2) is 91.0 Å². The molecule has 1 N–H and O–H groups in total. The van der Waals surface area contributed by atoms with Crippen molar-refractivity contribution in [3.63, 3.8) is 0 Å². The minimum absolute atomic E-state index is 0.0678. The molecule has 6 rings (SSSR count). The monoisotopic (exact) mass is 607 g/mol. The fourth-order valence-electron chi connectivity index (χ4n) is 5.46. The van der Waals surface area contributed by atoms with Gasteiger partial charge in [-0.2, -0.15) is 0 Å². The summed E-state index contributed by atoms with van der Waals surface area (Å²) in [4.78, 5) is 56.6. The number of nitrogens with one attached hydrogen (secondary N) is 1. The molecule has 0 bridgehead atoms. The Bertz CT molecular complexity index is 1790. The predicted octanol–water partition coefficient (Wildman–Crippen LogP) is 5.62. The SMILES string of the molecule is CC(C)c1ccc(C(C(=O)Nc2ccc3c(c2)OCO3)N(Cc2ccc(F)cc2)C(=O)CN2C(=O)C(=O)c3ccccc32)cc1. The quantitative estimate of drug-likeness (QED) is 0.248. The van der Waals surface area contributed by atoms with Gasteiger partial charge in [-0.25, -0.2) is 4.39 Å². The highest BCUT2D eigenvalue weighted by molar-refractivity contribution is 6.52. The maximum absolute atomic E-state index is 14.3. The van der Waals surface area contributed by atoms with Crippen LogP contribution in [0.4, 0.5) is 15.8 Å². The summed E-state index contributed by atoms with van der Waals surface area (Å²) in [6, 6.07) is 23.3. The second-order valence-electron chi connectivity index (χ2n) is 11.2. The number of ketones is 1. The number of carbonyl (C=O) groups excluding carboxylic acids is 4. The fourth-order valence-corrected chi connectivity index (χ4v) is 5.46. The van der Waals surface area contributed by atoms with Crippen LogP contribution in [0.5, 0.6) is 11.5 Å². The standard InChI is InChI=1S/C35H30FN3O6/c1-21(2)23-9-11-24(12-10-23)32(34(42)37-26-15-16-29-30(17-26)45-20-44-29)39(18-22-7-13-25(36)14-8-22)31(40)19-38-28-6-4-3-5-27(28)33(41)35(38)43/h3-17,21,32H,18-20H2,1-2H3,(H,37,42). The topological polar surface area (TPSA) is 105 Å². The molecule has 45 heavy (non-hydrogen) atoms. The predicted molar refractivity (Wildman–Crippen MR) is 165 cm³/mol. The number of rotatable bonds is 9. The first-order valence-corrected chi connectivity index (χ1v) is 14.5. The van der Waals surface area contributed by atoms with Crippen molar-refractivity contribution in [3.8, 4) is 11.5 Å². The largest absolute Gasteiger partial charge is 0.454 e. The molecule has 3 amide bonds. The molecule has 1 atom stereocenters. The maximum Gasteiger partial charge on any atom is 0.299 e. The summed E-state index contributed by atoms with van der Waals surface area (Å²) in [6.45, 7) is 3.60. The van der Waals surface area contributed by atoms with Crippen LogP contribution in [0.2, 0.25) is 0 Å². The van der Waals surface area contributed by atoms with Crippen LogP contribution in [0, 0.1) is 5.82 Å². The van der Waals surface area contributed by atoms with E-state index in [9.17, 15) is 23.6 Å². The van der Waals surface area contributed by atoms with Crippen LogP contribution >= 0.6 is 0 Å². The number of anilines is 2. The Labute approximate surface area is 259 Å². The Morgan fingerprint density at radius 2 is 1.58 bits per heavy atom. The Kier molecular flexibility index (Phi) is 8.04. The highest BCUT2D eigenvalue weighted by atomic mass is 19.1. The highest BCUT2D eigenvalue weighted by Crippen LogP contribution is 2.35. The van der Waals surface area contributed by atoms with Crippen LogP contribution in [0.3, 0.4) is 0 Å². The van der Waals surface area contributed by atoms with E-state index in [1.54, 1.807) is 48.5 Å². The van der Waals surface area contributed by atoms with Gasteiger partial charge in [0.2, 0.25) is 12.7 Å². The molecule has 9 nitrogen and oxygen atoms in total. The van der Waals surface area contributed by atoms with E-state index in [0.29, 0.717) is 34.0 Å². The second kappa shape index (κ2) is 12.2. The first-order valence-electron chi connectivity index (χ1n) is 14.5. The third kappa shape index (κ3) is 5.99. The molecule has 1 unspecified atom stereocenters. The average Bonchev–Trinajstić information content (AvgIpc) is 3.60. The third-order valence-electron chi connectivity index (χ3n) is 7.88. The zero-order valence-electron chi connectivity index (χ0n) is 24.7. The van der Waals surface area contributed by atoms with Gasteiger partial charge in [0, 0.05) is 18.3 Å². The number of nitrogens with zero attached hydrogens (tertiary/aromatic N) is 2. The molecule has 0 spiro atoms. The molecule has 0 aromatic heterocycles. The number of halogens is 1. The molecule has 228 valence electrons. The van der Waals surface area contributed by atoms with E-state index < -0.39 is 41.9 Å². The van der Waals surface area contributed by atoms with Crippen LogP contribution in [-0.4, -0.2) is 41.7 Å². The first-order chi connectivity index (χ1) is 21.7. The smallest absolute Gasteiger partial charge is 0.299 e. The Morgan fingerprint density at radius 1 is 0.889 bits per heavy atom. The van der Waals surface area contributed by atoms with Gasteiger partial charge in [-0.3, -0.25) is 24.1 Å². The van der Waals surface area contributed by atoms with Crippen molar-refractivity contribution in [1.29, 1.82) is 0 Å². The van der Waals surface area contributed by atoms with Gasteiger partial charge in [0.25, 0.3) is 17.6 Å². The molecular weight excluding hydrogens is 577 g/mol. The van der Waals surface area contributed by atoms with Crippen LogP contribution in [0.1, 0.15) is 52.9 Å². The molecule has 4 aromatic carbocycles. The summed E-state index contributed by atoms with van der Waals surface area (Å²) in [7, 11) is 0. The number of hydrogen-bond donors (Lipinski definition) is 1. The van der Waals surface area contributed by atoms with E-state index in [1.165, 1.54) is 35.2 Å². The summed E-state index contributed by atoms with van der Waals surface area (Å²) in [5, 5.41) is 2.90. The molecule has 4 aromatic rings. The number of para-hydroxylation sites is 1. The maximum atomic E-state index is 14.3. The van der Waals surface area contributed by atoms with E-state index >= 15 is 0 Å². The van der Waals surface area contributed by atoms with Gasteiger partial charge in [0.1, 0.15) is 18.4 Å². The fraction of sp³-hybridized carbons (Fsp3) is 0.200. The Balaban J connectivity index is 1.39. The summed E-state index contributed by atoms with van der Waals surface area (Å²) in [5.74, 6) is -1.83. The van der Waals surface area contributed by atoms with Gasteiger partial charge < -0.3 is 19.7 Å². The average molecular weight is 608 g/mol. The minimum atomic E-state index is -1.17. The molecule has 10 heteroatoms. The second-order valence-corrected chi connectivity index (χ2v) is 11.2. The van der Waals surface area contributed by atoms with Gasteiger partial charge >= 0.3 is 0 Å². The number of carbonyl (C=O) groups is 4. The molecular formula is C35H30FN3O6. The molecule has 0 radical (unpaired) electrons. The molecule has 0 fully saturated rings. The van der Waals surface area contributed by atoms with Crippen LogP contribution < -0.4 is 19.7 Å². The van der Waals surface area contributed by atoms with Gasteiger partial charge in [-0.1, -0.05) is 62.4 Å². The number of Topliss-reactive ketones (excluding diaryl/α,β-unsaturated/α-hetero) is 1. The summed E-state index contributed by atoms with van der Waals surface area (Å²) >= 11 is 0. The van der Waals surface area contributed by atoms with Gasteiger partial charge in [0.05, 0.1) is 11.3 Å². The zero-order valence-corrected chi connectivity index (χ0v) is 24.7. The number of benzene rings is 4. The summed E-state index contributed by atoms with van der Waals surface area (Å²) < 4.78 is 24.7. The molecule has 0 aliphatic carbocycles. The Morgan fingerprint density at radius 3 is 2.31 bits per heavy atom. The van der Waals surface area contributed by atoms with Crippen molar-refractivity contribution in [2.75, 3.05) is 23.6 Å². The number of ether oxygens (including phenoxy) is 2. The van der Waals surface area contributed by atoms with Gasteiger partial charge in [-0.05, 0) is 59.0 Å². The van der Waals surface area contributed by atoms with Gasteiger partial charge in [0.15, 0.2) is 11.5 Å². The van der Waals surface area contributed by atoms with Crippen LogP contribution in [0.25, 0.3) is 0 Å². The van der Waals surface area contributed by atoms with E-state index in [2.05, 4.69) is 19.2 Å². The third-order valence-corrected chi connectivity index (χ3v) is 7.88. The van der Waals surface area contributed by atoms with Crippen molar-refractivity contribution >= 4 is 34.9 Å². The first kappa shape index (κ1) is 29.6. The molecule has 0 saturated heterocycles. The molecule has 2 heterocycles. The minimum Gasteiger partial charge on any atom is -0.454 e. The summed E-state index contributed by atoms with van der Waals surface area (Å²) in [5.41, 5.74) is 3.09. The lowest BCUT2D eigenvalue weighted by atomic mass is 9.97. The van der Waals surface area contributed by atoms with Crippen molar-refractivity contribution in [1.82, 2.24) is 4.90 Å². The Hall–Kier alpha value is -5.51. The van der Waals surface area contributed by atoms with E-state index in [1.807, 2.05) is 12.1 Å². The lowest BCUT2D eigenvalue weighted by Crippen LogP contribution is -2.46. The normalized spacial score (nSPS) is 14.0. The van der Waals surface area contributed by atoms with Gasteiger partial charge in [-0.15, -0.1) is 0 Å². The number of fused-ring (bicyclic) bond motifs is 2. The van der Waals surface area contributed by atoms with E-state index in [0.717, 1.165) is 10.5 Å². The lowest BCUT2D eigenvalue weighted by molar-refractivity contribution is -0.139. The summed E-state index contributed by atoms with van der Waals surface area (Å²) in [6.07, 6.45) is 0. The number of hydrogen-bond acceptors (Lipinski definition) is 6. The van der Waals surface area contributed by atoms with Crippen molar-refractivity contribution in [3.05, 3.63) is 119 Å². The zero-order chi connectivity index (χ0) is 31.7. The van der Waals surface area contributed by atoms with E-state index in [-0.39, 0.29) is 24.8 Å². The van der Waals surface area contributed by atoms with Crippen molar-refractivity contribution < 1.29 is 33.0 Å². The van der Waals surface area contributed by atoms with Crippen LogP contribution in [-0.2, 0) is 20.9 Å². The molecule has 0 saturated carbocycles. The number of amides is 3. The van der Waals surface area contributed by atoms with E-state index in [4.69, 9.17) is 9.47 Å². The highest BCUT2D eigenvalue weighted by Gasteiger charge is 2.39.